The Morgan fingerprint density at radius 3 is 2.41 bits per heavy atom. The average molecular weight is 429 g/mol. The SMILES string of the molecule is COc1cccc2c1CC1C[C@@H](OC(=O)c3ccc(-c4ccccc4)cc3)[C@H](CO)[C@H]1C2. The zero-order valence-electron chi connectivity index (χ0n) is 18.2. The second-order valence-corrected chi connectivity index (χ2v) is 8.90. The Labute approximate surface area is 188 Å². The van der Waals surface area contributed by atoms with Crippen LogP contribution in [-0.2, 0) is 17.6 Å². The number of hydrogen-bond donors (Lipinski definition) is 1. The molecule has 4 heteroatoms. The summed E-state index contributed by atoms with van der Waals surface area (Å²) in [6.45, 7) is 0.0331. The zero-order chi connectivity index (χ0) is 22.1. The number of carbonyl (C=O) groups is 1. The lowest BCUT2D eigenvalue weighted by atomic mass is 9.75. The van der Waals surface area contributed by atoms with Gasteiger partial charge in [0.1, 0.15) is 11.9 Å². The number of benzene rings is 3. The summed E-state index contributed by atoms with van der Waals surface area (Å²) in [5.74, 6) is 1.28. The fourth-order valence-corrected chi connectivity index (χ4v) is 5.59. The minimum absolute atomic E-state index is 0.0331. The second kappa shape index (κ2) is 8.79. The molecule has 0 aliphatic heterocycles. The van der Waals surface area contributed by atoms with Crippen molar-refractivity contribution in [3.8, 4) is 16.9 Å². The van der Waals surface area contributed by atoms with E-state index in [0.717, 1.165) is 36.1 Å². The fourth-order valence-electron chi connectivity index (χ4n) is 5.59. The Morgan fingerprint density at radius 1 is 0.938 bits per heavy atom. The molecule has 1 fully saturated rings. The van der Waals surface area contributed by atoms with E-state index in [1.165, 1.54) is 11.1 Å². The lowest BCUT2D eigenvalue weighted by Gasteiger charge is -2.31. The molecule has 1 unspecified atom stereocenters. The van der Waals surface area contributed by atoms with Gasteiger partial charge in [-0.15, -0.1) is 0 Å². The van der Waals surface area contributed by atoms with Crippen molar-refractivity contribution in [1.29, 1.82) is 0 Å². The van der Waals surface area contributed by atoms with Gasteiger partial charge in [0.15, 0.2) is 0 Å². The van der Waals surface area contributed by atoms with Gasteiger partial charge < -0.3 is 14.6 Å². The maximum atomic E-state index is 12.9. The summed E-state index contributed by atoms with van der Waals surface area (Å²) in [6, 6.07) is 23.8. The lowest BCUT2D eigenvalue weighted by molar-refractivity contribution is 0.00766. The van der Waals surface area contributed by atoms with Gasteiger partial charge in [0.2, 0.25) is 0 Å². The molecule has 0 radical (unpaired) electrons. The number of rotatable bonds is 5. The Kier molecular flexibility index (Phi) is 5.71. The van der Waals surface area contributed by atoms with Crippen LogP contribution in [-0.4, -0.2) is 30.9 Å². The van der Waals surface area contributed by atoms with Crippen molar-refractivity contribution < 1.29 is 19.4 Å². The molecule has 3 aromatic carbocycles. The van der Waals surface area contributed by atoms with Crippen LogP contribution < -0.4 is 4.74 Å². The third-order valence-electron chi connectivity index (χ3n) is 7.24. The van der Waals surface area contributed by atoms with Crippen LogP contribution in [0.1, 0.15) is 27.9 Å². The third-order valence-corrected chi connectivity index (χ3v) is 7.24. The summed E-state index contributed by atoms with van der Waals surface area (Å²) in [7, 11) is 1.71. The highest BCUT2D eigenvalue weighted by Crippen LogP contribution is 2.47. The topological polar surface area (TPSA) is 55.8 Å². The smallest absolute Gasteiger partial charge is 0.338 e. The van der Waals surface area contributed by atoms with Crippen LogP contribution in [0.4, 0.5) is 0 Å². The van der Waals surface area contributed by atoms with Crippen LogP contribution in [0.5, 0.6) is 5.75 Å². The van der Waals surface area contributed by atoms with E-state index in [1.807, 2.05) is 66.7 Å². The van der Waals surface area contributed by atoms with Crippen LogP contribution >= 0.6 is 0 Å². The van der Waals surface area contributed by atoms with E-state index in [2.05, 4.69) is 6.07 Å². The molecule has 0 heterocycles. The molecule has 4 nitrogen and oxygen atoms in total. The van der Waals surface area contributed by atoms with Crippen LogP contribution in [0.2, 0.25) is 0 Å². The first-order valence-corrected chi connectivity index (χ1v) is 11.3. The van der Waals surface area contributed by atoms with Crippen molar-refractivity contribution in [3.63, 3.8) is 0 Å². The van der Waals surface area contributed by atoms with E-state index in [4.69, 9.17) is 9.47 Å². The largest absolute Gasteiger partial charge is 0.496 e. The van der Waals surface area contributed by atoms with Gasteiger partial charge in [-0.1, -0.05) is 54.6 Å². The number of fused-ring (bicyclic) bond motifs is 2. The lowest BCUT2D eigenvalue weighted by Crippen LogP contribution is -2.31. The first-order chi connectivity index (χ1) is 15.7. The molecule has 0 amide bonds. The maximum absolute atomic E-state index is 12.9. The van der Waals surface area contributed by atoms with Gasteiger partial charge in [-0.05, 0) is 71.6 Å². The van der Waals surface area contributed by atoms with E-state index < -0.39 is 0 Å². The number of carbonyl (C=O) groups excluding carboxylic acids is 1. The minimum atomic E-state index is -0.318. The van der Waals surface area contributed by atoms with E-state index in [9.17, 15) is 9.90 Å². The van der Waals surface area contributed by atoms with Gasteiger partial charge in [0, 0.05) is 12.5 Å². The monoisotopic (exact) mass is 428 g/mol. The van der Waals surface area contributed by atoms with Gasteiger partial charge in [-0.3, -0.25) is 0 Å². The molecule has 5 rings (SSSR count). The van der Waals surface area contributed by atoms with Gasteiger partial charge in [-0.25, -0.2) is 4.79 Å². The summed E-state index contributed by atoms with van der Waals surface area (Å²) in [5.41, 5.74) is 5.27. The summed E-state index contributed by atoms with van der Waals surface area (Å²) in [4.78, 5) is 12.9. The van der Waals surface area contributed by atoms with Crippen LogP contribution in [0.15, 0.2) is 72.8 Å². The molecule has 1 saturated carbocycles. The predicted octanol–water partition coefficient (Wildman–Crippen LogP) is 4.93. The molecular weight excluding hydrogens is 400 g/mol. The Bertz CT molecular complexity index is 1090. The average Bonchev–Trinajstić information content (AvgIpc) is 3.18. The number of aliphatic hydroxyl groups is 1. The quantitative estimate of drug-likeness (QED) is 0.586. The van der Waals surface area contributed by atoms with E-state index >= 15 is 0 Å². The molecule has 3 aromatic rings. The number of aliphatic hydroxyl groups excluding tert-OH is 1. The first-order valence-electron chi connectivity index (χ1n) is 11.3. The van der Waals surface area contributed by atoms with Crippen molar-refractivity contribution in [2.75, 3.05) is 13.7 Å². The van der Waals surface area contributed by atoms with E-state index in [0.29, 0.717) is 17.4 Å². The highest BCUT2D eigenvalue weighted by Gasteiger charge is 2.47. The predicted molar refractivity (Wildman–Crippen MR) is 124 cm³/mol. The van der Waals surface area contributed by atoms with Crippen LogP contribution in [0, 0.1) is 17.8 Å². The van der Waals surface area contributed by atoms with E-state index in [-0.39, 0.29) is 24.6 Å². The normalized spacial score (nSPS) is 23.8. The van der Waals surface area contributed by atoms with Gasteiger partial charge in [-0.2, -0.15) is 0 Å². The summed E-state index contributed by atoms with van der Waals surface area (Å²) >= 11 is 0. The molecule has 32 heavy (non-hydrogen) atoms. The molecular formula is C28H28O4. The third kappa shape index (κ3) is 3.80. The van der Waals surface area contributed by atoms with Crippen LogP contribution in [0.3, 0.4) is 0 Å². The van der Waals surface area contributed by atoms with Crippen molar-refractivity contribution in [1.82, 2.24) is 0 Å². The highest BCUT2D eigenvalue weighted by molar-refractivity contribution is 5.90. The first kappa shape index (κ1) is 20.8. The van der Waals surface area contributed by atoms with Crippen molar-refractivity contribution in [3.05, 3.63) is 89.5 Å². The summed E-state index contributed by atoms with van der Waals surface area (Å²) < 4.78 is 11.5. The molecule has 1 N–H and O–H groups in total. The van der Waals surface area contributed by atoms with Crippen molar-refractivity contribution in [2.45, 2.75) is 25.4 Å². The number of hydrogen-bond acceptors (Lipinski definition) is 4. The molecule has 0 bridgehead atoms. The molecule has 0 aromatic heterocycles. The molecule has 0 spiro atoms. The van der Waals surface area contributed by atoms with Crippen molar-refractivity contribution >= 4 is 5.97 Å². The molecule has 0 saturated heterocycles. The molecule has 2 aliphatic rings. The molecule has 2 aliphatic carbocycles. The van der Waals surface area contributed by atoms with E-state index in [1.54, 1.807) is 7.11 Å². The zero-order valence-corrected chi connectivity index (χ0v) is 18.2. The molecule has 4 atom stereocenters. The van der Waals surface area contributed by atoms with Gasteiger partial charge >= 0.3 is 5.97 Å². The maximum Gasteiger partial charge on any atom is 0.338 e. The number of esters is 1. The number of ether oxygens (including phenoxy) is 2. The van der Waals surface area contributed by atoms with Gasteiger partial charge in [0.25, 0.3) is 0 Å². The standard InChI is InChI=1S/C28H28O4/c1-31-26-9-5-8-21-14-23-22(15-24(21)26)16-27(25(23)17-29)32-28(30)20-12-10-19(11-13-20)18-6-3-2-4-7-18/h2-13,22-23,25,27,29H,14-17H2,1H3/t22?,23-,25+,27+/m0/s1. The van der Waals surface area contributed by atoms with Gasteiger partial charge in [0.05, 0.1) is 12.7 Å². The summed E-state index contributed by atoms with van der Waals surface area (Å²) in [5, 5.41) is 10.2. The Hall–Kier alpha value is -3.11. The van der Waals surface area contributed by atoms with Crippen molar-refractivity contribution in [2.24, 2.45) is 17.8 Å². The minimum Gasteiger partial charge on any atom is -0.496 e. The van der Waals surface area contributed by atoms with Crippen LogP contribution in [0.25, 0.3) is 11.1 Å². The second-order valence-electron chi connectivity index (χ2n) is 8.90. The number of methoxy groups -OCH3 is 1. The highest BCUT2D eigenvalue weighted by atomic mass is 16.5. The molecule has 164 valence electrons. The Morgan fingerprint density at radius 2 is 1.69 bits per heavy atom. The Balaban J connectivity index is 1.30. The fraction of sp³-hybridized carbons (Fsp3) is 0.321. The summed E-state index contributed by atoms with van der Waals surface area (Å²) in [6.07, 6.45) is 2.31.